The molecule has 2 rings (SSSR count). The second-order valence-electron chi connectivity index (χ2n) is 4.33. The van der Waals surface area contributed by atoms with E-state index < -0.39 is 5.97 Å². The number of benzene rings is 1. The molecule has 0 saturated heterocycles. The fourth-order valence-electron chi connectivity index (χ4n) is 2.16. The molecule has 0 spiro atoms. The smallest absolute Gasteiger partial charge is 0.335 e. The Kier molecular flexibility index (Phi) is 3.13. The van der Waals surface area contributed by atoms with Crippen LogP contribution in [0, 0.1) is 0 Å². The van der Waals surface area contributed by atoms with E-state index in [0.717, 1.165) is 30.5 Å². The Morgan fingerprint density at radius 1 is 1.29 bits per heavy atom. The van der Waals surface area contributed by atoms with Crippen LogP contribution in [0.4, 0.5) is 0 Å². The number of carboxylic acid groups (broad SMARTS) is 1. The Hall–Kier alpha value is -1.84. The Morgan fingerprint density at radius 2 is 2.06 bits per heavy atom. The standard InChI is InChI=1S/C13H15NO3/c1-9(15)14-6-2-3-10-4-5-11(13(16)17)7-12(10)8-14/h4-5,7H,2-3,6,8H2,1H3,(H,16,17). The van der Waals surface area contributed by atoms with Crippen LogP contribution in [-0.4, -0.2) is 28.4 Å². The third-order valence-corrected chi connectivity index (χ3v) is 3.13. The summed E-state index contributed by atoms with van der Waals surface area (Å²) in [5.74, 6) is -0.884. The van der Waals surface area contributed by atoms with E-state index in [2.05, 4.69) is 0 Å². The first-order valence-electron chi connectivity index (χ1n) is 5.68. The van der Waals surface area contributed by atoms with Gasteiger partial charge in [0.2, 0.25) is 5.91 Å². The number of aryl methyl sites for hydroxylation is 1. The van der Waals surface area contributed by atoms with Crippen molar-refractivity contribution in [1.82, 2.24) is 4.90 Å². The second-order valence-corrected chi connectivity index (χ2v) is 4.33. The minimum absolute atomic E-state index is 0.0404. The van der Waals surface area contributed by atoms with Gasteiger partial charge in [-0.05, 0) is 36.1 Å². The normalized spacial score (nSPS) is 15.0. The van der Waals surface area contributed by atoms with Crippen LogP contribution in [0.15, 0.2) is 18.2 Å². The lowest BCUT2D eigenvalue weighted by molar-refractivity contribution is -0.129. The lowest BCUT2D eigenvalue weighted by atomic mass is 10.0. The van der Waals surface area contributed by atoms with Crippen LogP contribution in [0.5, 0.6) is 0 Å². The van der Waals surface area contributed by atoms with Crippen molar-refractivity contribution < 1.29 is 14.7 Å². The van der Waals surface area contributed by atoms with E-state index in [0.29, 0.717) is 6.54 Å². The highest BCUT2D eigenvalue weighted by molar-refractivity contribution is 5.88. The van der Waals surface area contributed by atoms with Crippen LogP contribution in [0.25, 0.3) is 0 Å². The summed E-state index contributed by atoms with van der Waals surface area (Å²) in [4.78, 5) is 24.1. The number of rotatable bonds is 1. The largest absolute Gasteiger partial charge is 0.478 e. The Balaban J connectivity index is 2.35. The van der Waals surface area contributed by atoms with Crippen molar-refractivity contribution in [3.05, 3.63) is 34.9 Å². The van der Waals surface area contributed by atoms with Gasteiger partial charge in [-0.15, -0.1) is 0 Å². The molecule has 0 bridgehead atoms. The number of carbonyl (C=O) groups is 2. The third-order valence-electron chi connectivity index (χ3n) is 3.13. The molecule has 1 aromatic carbocycles. The van der Waals surface area contributed by atoms with E-state index in [9.17, 15) is 9.59 Å². The van der Waals surface area contributed by atoms with Crippen LogP contribution in [-0.2, 0) is 17.8 Å². The van der Waals surface area contributed by atoms with Crippen molar-refractivity contribution in [2.24, 2.45) is 0 Å². The SMILES string of the molecule is CC(=O)N1CCCc2ccc(C(=O)O)cc2C1. The molecule has 90 valence electrons. The van der Waals surface area contributed by atoms with Gasteiger partial charge in [0.15, 0.2) is 0 Å². The molecule has 0 radical (unpaired) electrons. The Bertz CT molecular complexity index is 468. The molecule has 0 unspecified atom stereocenters. The van der Waals surface area contributed by atoms with Crippen molar-refractivity contribution >= 4 is 11.9 Å². The van der Waals surface area contributed by atoms with E-state index >= 15 is 0 Å². The average molecular weight is 233 g/mol. The maximum absolute atomic E-state index is 11.4. The maximum Gasteiger partial charge on any atom is 0.335 e. The van der Waals surface area contributed by atoms with E-state index in [1.165, 1.54) is 0 Å². The zero-order valence-corrected chi connectivity index (χ0v) is 9.77. The van der Waals surface area contributed by atoms with Gasteiger partial charge in [-0.3, -0.25) is 4.79 Å². The van der Waals surface area contributed by atoms with Crippen molar-refractivity contribution in [2.75, 3.05) is 6.54 Å². The summed E-state index contributed by atoms with van der Waals surface area (Å²) in [6.45, 7) is 2.81. The molecule has 4 heteroatoms. The van der Waals surface area contributed by atoms with Gasteiger partial charge in [-0.1, -0.05) is 6.07 Å². The van der Waals surface area contributed by atoms with E-state index in [1.807, 2.05) is 6.07 Å². The Labute approximate surface area is 99.9 Å². The summed E-state index contributed by atoms with van der Waals surface area (Å²) in [6, 6.07) is 5.17. The van der Waals surface area contributed by atoms with Crippen molar-refractivity contribution in [1.29, 1.82) is 0 Å². The fraction of sp³-hybridized carbons (Fsp3) is 0.385. The van der Waals surface area contributed by atoms with Gasteiger partial charge in [0.05, 0.1) is 5.56 Å². The first-order chi connectivity index (χ1) is 8.08. The molecular weight excluding hydrogens is 218 g/mol. The molecule has 0 fully saturated rings. The zero-order chi connectivity index (χ0) is 12.4. The number of amides is 1. The highest BCUT2D eigenvalue weighted by Gasteiger charge is 2.17. The number of aromatic carboxylic acids is 1. The monoisotopic (exact) mass is 233 g/mol. The summed E-state index contributed by atoms with van der Waals surface area (Å²) < 4.78 is 0. The average Bonchev–Trinajstić information content (AvgIpc) is 2.49. The molecule has 1 N–H and O–H groups in total. The predicted octanol–water partition coefficient (Wildman–Crippen LogP) is 1.68. The van der Waals surface area contributed by atoms with Gasteiger partial charge in [-0.25, -0.2) is 4.79 Å². The summed E-state index contributed by atoms with van der Waals surface area (Å²) in [6.07, 6.45) is 1.83. The number of nitrogens with zero attached hydrogens (tertiary/aromatic N) is 1. The van der Waals surface area contributed by atoms with Crippen LogP contribution >= 0.6 is 0 Å². The molecule has 0 atom stereocenters. The molecule has 0 aliphatic carbocycles. The van der Waals surface area contributed by atoms with Crippen molar-refractivity contribution in [2.45, 2.75) is 26.3 Å². The molecule has 1 amide bonds. The van der Waals surface area contributed by atoms with Gasteiger partial charge >= 0.3 is 5.97 Å². The predicted molar refractivity (Wildman–Crippen MR) is 62.8 cm³/mol. The van der Waals surface area contributed by atoms with Crippen LogP contribution in [0.1, 0.15) is 34.8 Å². The molecule has 0 aromatic heterocycles. The van der Waals surface area contributed by atoms with Gasteiger partial charge in [-0.2, -0.15) is 0 Å². The fourth-order valence-corrected chi connectivity index (χ4v) is 2.16. The molecule has 1 aliphatic rings. The summed E-state index contributed by atoms with van der Waals surface area (Å²) in [5, 5.41) is 8.95. The van der Waals surface area contributed by atoms with Gasteiger partial charge in [0, 0.05) is 20.0 Å². The topological polar surface area (TPSA) is 57.6 Å². The number of hydrogen-bond donors (Lipinski definition) is 1. The molecule has 1 heterocycles. The van der Waals surface area contributed by atoms with Gasteiger partial charge in [0.25, 0.3) is 0 Å². The minimum Gasteiger partial charge on any atom is -0.478 e. The third kappa shape index (κ3) is 2.46. The van der Waals surface area contributed by atoms with Crippen LogP contribution in [0.3, 0.4) is 0 Å². The molecule has 17 heavy (non-hydrogen) atoms. The van der Waals surface area contributed by atoms with Crippen molar-refractivity contribution in [3.8, 4) is 0 Å². The number of carbonyl (C=O) groups excluding carboxylic acids is 1. The van der Waals surface area contributed by atoms with E-state index in [4.69, 9.17) is 5.11 Å². The maximum atomic E-state index is 11.4. The molecular formula is C13H15NO3. The highest BCUT2D eigenvalue weighted by Crippen LogP contribution is 2.20. The molecule has 4 nitrogen and oxygen atoms in total. The van der Waals surface area contributed by atoms with Crippen molar-refractivity contribution in [3.63, 3.8) is 0 Å². The molecule has 1 aliphatic heterocycles. The zero-order valence-electron chi connectivity index (χ0n) is 9.77. The number of carboxylic acids is 1. The second kappa shape index (κ2) is 4.57. The van der Waals surface area contributed by atoms with E-state index in [1.54, 1.807) is 24.0 Å². The summed E-state index contributed by atoms with van der Waals surface area (Å²) >= 11 is 0. The first kappa shape index (κ1) is 11.6. The quantitative estimate of drug-likeness (QED) is 0.802. The molecule has 1 aromatic rings. The van der Waals surface area contributed by atoms with E-state index in [-0.39, 0.29) is 11.5 Å². The number of hydrogen-bond acceptors (Lipinski definition) is 2. The highest BCUT2D eigenvalue weighted by atomic mass is 16.4. The Morgan fingerprint density at radius 3 is 2.71 bits per heavy atom. The minimum atomic E-state index is -0.925. The summed E-state index contributed by atoms with van der Waals surface area (Å²) in [5.41, 5.74) is 2.39. The van der Waals surface area contributed by atoms with Crippen LogP contribution in [0.2, 0.25) is 0 Å². The van der Waals surface area contributed by atoms with Gasteiger partial charge < -0.3 is 10.0 Å². The number of fused-ring (bicyclic) bond motifs is 1. The molecule has 0 saturated carbocycles. The van der Waals surface area contributed by atoms with Crippen LogP contribution < -0.4 is 0 Å². The lowest BCUT2D eigenvalue weighted by Gasteiger charge is -2.18. The lowest BCUT2D eigenvalue weighted by Crippen LogP contribution is -2.28. The summed E-state index contributed by atoms with van der Waals surface area (Å²) in [7, 11) is 0. The van der Waals surface area contributed by atoms with Gasteiger partial charge in [0.1, 0.15) is 0 Å². The first-order valence-corrected chi connectivity index (χ1v) is 5.68.